The van der Waals surface area contributed by atoms with Gasteiger partial charge in [-0.3, -0.25) is 0 Å². The molecule has 2 unspecified atom stereocenters. The summed E-state index contributed by atoms with van der Waals surface area (Å²) in [6.45, 7) is 13.5. The quantitative estimate of drug-likeness (QED) is 0.847. The van der Waals surface area contributed by atoms with Gasteiger partial charge in [-0.05, 0) is 39.5 Å². The van der Waals surface area contributed by atoms with E-state index in [-0.39, 0.29) is 5.41 Å². The number of thiazole rings is 1. The van der Waals surface area contributed by atoms with Crippen LogP contribution < -0.4 is 5.32 Å². The van der Waals surface area contributed by atoms with Crippen LogP contribution in [0.25, 0.3) is 0 Å². The third-order valence-corrected chi connectivity index (χ3v) is 6.25. The van der Waals surface area contributed by atoms with Crippen LogP contribution in [0.4, 0.5) is 0 Å². The highest BCUT2D eigenvalue weighted by atomic mass is 32.1. The molecule has 1 aromatic rings. The molecule has 1 fully saturated rings. The van der Waals surface area contributed by atoms with E-state index in [1.165, 1.54) is 41.3 Å². The Labute approximate surface area is 128 Å². The minimum Gasteiger partial charge on any atom is -0.307 e. The molecule has 1 aliphatic carbocycles. The van der Waals surface area contributed by atoms with Crippen molar-refractivity contribution in [1.82, 2.24) is 10.3 Å². The molecule has 0 radical (unpaired) electrons. The largest absolute Gasteiger partial charge is 0.307 e. The Morgan fingerprint density at radius 3 is 2.30 bits per heavy atom. The van der Waals surface area contributed by atoms with Crippen molar-refractivity contribution < 1.29 is 0 Å². The molecule has 0 amide bonds. The molecular weight excluding hydrogens is 264 g/mol. The van der Waals surface area contributed by atoms with Crippen molar-refractivity contribution in [2.24, 2.45) is 5.92 Å². The zero-order valence-electron chi connectivity index (χ0n) is 13.9. The molecule has 1 saturated carbocycles. The first-order valence-electron chi connectivity index (χ1n) is 8.03. The van der Waals surface area contributed by atoms with Crippen molar-refractivity contribution in [2.45, 2.75) is 84.7 Å². The van der Waals surface area contributed by atoms with Gasteiger partial charge in [0, 0.05) is 22.4 Å². The third-order valence-electron chi connectivity index (χ3n) is 4.49. The van der Waals surface area contributed by atoms with Gasteiger partial charge in [-0.2, -0.15) is 0 Å². The number of aromatic nitrogens is 1. The minimum atomic E-state index is 0.157. The summed E-state index contributed by atoms with van der Waals surface area (Å²) in [5, 5.41) is 5.07. The average Bonchev–Trinajstić information content (AvgIpc) is 2.95. The van der Waals surface area contributed by atoms with Crippen molar-refractivity contribution in [2.75, 3.05) is 0 Å². The molecule has 2 nitrogen and oxygen atoms in total. The maximum atomic E-state index is 4.79. The lowest BCUT2D eigenvalue weighted by atomic mass is 9.98. The van der Waals surface area contributed by atoms with E-state index in [4.69, 9.17) is 4.98 Å². The van der Waals surface area contributed by atoms with Crippen LogP contribution in [0.5, 0.6) is 0 Å². The molecule has 0 spiro atoms. The second kappa shape index (κ2) is 6.15. The van der Waals surface area contributed by atoms with Crippen molar-refractivity contribution in [3.63, 3.8) is 0 Å². The monoisotopic (exact) mass is 294 g/mol. The van der Waals surface area contributed by atoms with Gasteiger partial charge in [0.1, 0.15) is 0 Å². The lowest BCUT2D eigenvalue weighted by molar-refractivity contribution is 0.354. The Bertz CT molecular complexity index is 438. The molecule has 20 heavy (non-hydrogen) atoms. The molecule has 114 valence electrons. The van der Waals surface area contributed by atoms with Crippen LogP contribution in [0.15, 0.2) is 0 Å². The average molecular weight is 295 g/mol. The number of hydrogen-bond acceptors (Lipinski definition) is 3. The number of rotatable bonds is 4. The Balaban J connectivity index is 2.05. The van der Waals surface area contributed by atoms with Crippen LogP contribution >= 0.6 is 11.3 Å². The van der Waals surface area contributed by atoms with Crippen molar-refractivity contribution in [3.8, 4) is 0 Å². The highest BCUT2D eigenvalue weighted by Crippen LogP contribution is 2.34. The van der Waals surface area contributed by atoms with Gasteiger partial charge in [0.2, 0.25) is 0 Å². The predicted molar refractivity (Wildman–Crippen MR) is 88.5 cm³/mol. The van der Waals surface area contributed by atoms with Crippen LogP contribution in [0.3, 0.4) is 0 Å². The molecule has 2 atom stereocenters. The Morgan fingerprint density at radius 1 is 1.20 bits per heavy atom. The molecule has 0 saturated heterocycles. The predicted octanol–water partition coefficient (Wildman–Crippen LogP) is 4.98. The Hall–Kier alpha value is -0.410. The first-order chi connectivity index (χ1) is 9.29. The number of hydrogen-bond donors (Lipinski definition) is 1. The maximum Gasteiger partial charge on any atom is 0.0985 e. The van der Waals surface area contributed by atoms with Crippen molar-refractivity contribution >= 4 is 11.3 Å². The molecule has 1 N–H and O–H groups in total. The minimum absolute atomic E-state index is 0.157. The number of aryl methyl sites for hydroxylation is 1. The van der Waals surface area contributed by atoms with Gasteiger partial charge in [0.15, 0.2) is 0 Å². The van der Waals surface area contributed by atoms with Crippen LogP contribution in [0, 0.1) is 12.8 Å². The van der Waals surface area contributed by atoms with E-state index in [2.05, 4.69) is 46.9 Å². The molecule has 2 rings (SSSR count). The van der Waals surface area contributed by atoms with E-state index in [1.807, 2.05) is 11.3 Å². The van der Waals surface area contributed by atoms with Gasteiger partial charge in [-0.25, -0.2) is 4.98 Å². The lowest BCUT2D eigenvalue weighted by Gasteiger charge is -2.24. The second-order valence-corrected chi connectivity index (χ2v) is 8.47. The summed E-state index contributed by atoms with van der Waals surface area (Å²) in [6, 6.07) is 1.03. The van der Waals surface area contributed by atoms with Gasteiger partial charge in [-0.1, -0.05) is 33.6 Å². The van der Waals surface area contributed by atoms with Gasteiger partial charge >= 0.3 is 0 Å². The van der Waals surface area contributed by atoms with E-state index < -0.39 is 0 Å². The second-order valence-electron chi connectivity index (χ2n) is 7.44. The van der Waals surface area contributed by atoms with Crippen LogP contribution in [0.1, 0.15) is 81.9 Å². The summed E-state index contributed by atoms with van der Waals surface area (Å²) in [5.74, 6) is 0.868. The fourth-order valence-corrected chi connectivity index (χ4v) is 4.33. The van der Waals surface area contributed by atoms with Crippen molar-refractivity contribution in [3.05, 3.63) is 15.6 Å². The van der Waals surface area contributed by atoms with E-state index in [0.717, 1.165) is 5.92 Å². The fraction of sp³-hybridized carbons (Fsp3) is 0.824. The highest BCUT2D eigenvalue weighted by Gasteiger charge is 2.26. The highest BCUT2D eigenvalue weighted by molar-refractivity contribution is 7.12. The van der Waals surface area contributed by atoms with E-state index >= 15 is 0 Å². The Kier molecular flexibility index (Phi) is 4.91. The van der Waals surface area contributed by atoms with Gasteiger partial charge in [0.05, 0.1) is 10.7 Å². The van der Waals surface area contributed by atoms with E-state index in [0.29, 0.717) is 12.1 Å². The van der Waals surface area contributed by atoms with Crippen LogP contribution in [0.2, 0.25) is 0 Å². The van der Waals surface area contributed by atoms with E-state index in [9.17, 15) is 0 Å². The third kappa shape index (κ3) is 3.62. The van der Waals surface area contributed by atoms with Gasteiger partial charge < -0.3 is 5.32 Å². The molecule has 1 aromatic heterocycles. The number of nitrogens with zero attached hydrogens (tertiary/aromatic N) is 1. The summed E-state index contributed by atoms with van der Waals surface area (Å²) < 4.78 is 0. The van der Waals surface area contributed by atoms with Gasteiger partial charge in [-0.15, -0.1) is 11.3 Å². The first kappa shape index (κ1) is 16.0. The topological polar surface area (TPSA) is 24.9 Å². The maximum absolute atomic E-state index is 4.79. The smallest absolute Gasteiger partial charge is 0.0985 e. The standard InChI is InChI=1S/C17H30N2S/c1-11(14-9-7-8-10-14)18-12(2)15-13(3)19-16(20-15)17(4,5)6/h11-12,14,18H,7-10H2,1-6H3. The summed E-state index contributed by atoms with van der Waals surface area (Å²) in [7, 11) is 0. The fourth-order valence-electron chi connectivity index (χ4n) is 3.19. The van der Waals surface area contributed by atoms with Crippen molar-refractivity contribution in [1.29, 1.82) is 0 Å². The van der Waals surface area contributed by atoms with E-state index in [1.54, 1.807) is 0 Å². The molecule has 0 aliphatic heterocycles. The number of nitrogens with one attached hydrogen (secondary N) is 1. The molecule has 0 aromatic carbocycles. The molecule has 3 heteroatoms. The summed E-state index contributed by atoms with van der Waals surface area (Å²) in [6.07, 6.45) is 5.63. The van der Waals surface area contributed by atoms with Gasteiger partial charge in [0.25, 0.3) is 0 Å². The normalized spacial score (nSPS) is 20.3. The van der Waals surface area contributed by atoms with Crippen LogP contribution in [-0.4, -0.2) is 11.0 Å². The molecule has 1 aliphatic rings. The zero-order chi connectivity index (χ0) is 14.9. The summed E-state index contributed by atoms with van der Waals surface area (Å²) in [5.41, 5.74) is 1.36. The molecule has 1 heterocycles. The summed E-state index contributed by atoms with van der Waals surface area (Å²) >= 11 is 1.89. The molecule has 0 bridgehead atoms. The zero-order valence-corrected chi connectivity index (χ0v) is 14.7. The summed E-state index contributed by atoms with van der Waals surface area (Å²) in [4.78, 5) is 6.20. The SMILES string of the molecule is Cc1nc(C(C)(C)C)sc1C(C)NC(C)C1CCCC1. The van der Waals surface area contributed by atoms with Crippen LogP contribution in [-0.2, 0) is 5.41 Å². The lowest BCUT2D eigenvalue weighted by Crippen LogP contribution is -2.34. The Morgan fingerprint density at radius 2 is 1.80 bits per heavy atom. The molecular formula is C17H30N2S. The first-order valence-corrected chi connectivity index (χ1v) is 8.84.